The first-order valence-electron chi connectivity index (χ1n) is 9.47. The fourth-order valence-corrected chi connectivity index (χ4v) is 4.55. The van der Waals surface area contributed by atoms with E-state index >= 15 is 0 Å². The second-order valence-electron chi connectivity index (χ2n) is 7.15. The first-order valence-corrected chi connectivity index (χ1v) is 10.6. The van der Waals surface area contributed by atoms with E-state index in [0.29, 0.717) is 33.0 Å². The molecule has 154 valence electrons. The average molecular weight is 497 g/mol. The Labute approximate surface area is 190 Å². The van der Waals surface area contributed by atoms with Gasteiger partial charge >= 0.3 is 0 Å². The van der Waals surface area contributed by atoms with E-state index in [2.05, 4.69) is 15.9 Å². The molecule has 0 N–H and O–H groups in total. The van der Waals surface area contributed by atoms with Gasteiger partial charge in [0, 0.05) is 21.2 Å². The molecule has 7 heteroatoms. The van der Waals surface area contributed by atoms with Crippen molar-refractivity contribution in [2.24, 2.45) is 0 Å². The molecule has 0 fully saturated rings. The highest BCUT2D eigenvalue weighted by Crippen LogP contribution is 2.42. The van der Waals surface area contributed by atoms with Crippen molar-refractivity contribution in [2.75, 3.05) is 12.0 Å². The van der Waals surface area contributed by atoms with E-state index in [1.54, 1.807) is 54.5 Å². The van der Waals surface area contributed by atoms with E-state index in [9.17, 15) is 9.59 Å². The number of methoxy groups -OCH3 is 1. The average Bonchev–Trinajstić information content (AvgIpc) is 3.07. The summed E-state index contributed by atoms with van der Waals surface area (Å²) in [6.07, 6.45) is 0. The molecule has 0 saturated carbocycles. The lowest BCUT2D eigenvalue weighted by molar-refractivity contribution is 0.0971. The zero-order chi connectivity index (χ0) is 21.7. The number of carbonyl (C=O) groups is 1. The lowest BCUT2D eigenvalue weighted by atomic mass is 9.98. The number of hydrogen-bond donors (Lipinski definition) is 0. The molecule has 1 aliphatic rings. The quantitative estimate of drug-likeness (QED) is 0.351. The molecule has 0 aliphatic carbocycles. The Balaban J connectivity index is 1.82. The Morgan fingerprint density at radius 2 is 1.84 bits per heavy atom. The van der Waals surface area contributed by atoms with Crippen LogP contribution in [0, 0.1) is 0 Å². The van der Waals surface area contributed by atoms with Crippen LogP contribution in [0.15, 0.2) is 80.4 Å². The highest BCUT2D eigenvalue weighted by atomic mass is 79.9. The first kappa shape index (κ1) is 19.8. The number of benzene rings is 3. The molecular weight excluding hydrogens is 482 g/mol. The molecule has 4 aromatic rings. The van der Waals surface area contributed by atoms with Crippen LogP contribution in [0.3, 0.4) is 0 Å². The number of halogens is 2. The van der Waals surface area contributed by atoms with E-state index in [0.717, 1.165) is 10.0 Å². The smallest absolute Gasteiger partial charge is 0.295 e. The fourth-order valence-electron chi connectivity index (χ4n) is 3.96. The standard InChI is InChI=1S/C24H15BrClNO4/c1-30-17-7-3-6-16(12-17)27-21(13-4-2-5-14(25)10-13)20-22(28)18-11-15(26)8-9-19(18)31-23(20)24(27)29/h2-12,21H,1H3. The van der Waals surface area contributed by atoms with Crippen molar-refractivity contribution in [1.82, 2.24) is 0 Å². The largest absolute Gasteiger partial charge is 0.497 e. The topological polar surface area (TPSA) is 59.8 Å². The van der Waals surface area contributed by atoms with Gasteiger partial charge in [-0.25, -0.2) is 0 Å². The summed E-state index contributed by atoms with van der Waals surface area (Å²) in [6, 6.07) is 18.8. The van der Waals surface area contributed by atoms with Crippen LogP contribution < -0.4 is 15.1 Å². The van der Waals surface area contributed by atoms with Crippen LogP contribution in [-0.2, 0) is 0 Å². The number of carbonyl (C=O) groups excluding carboxylic acids is 1. The van der Waals surface area contributed by atoms with Crippen molar-refractivity contribution in [2.45, 2.75) is 6.04 Å². The maximum Gasteiger partial charge on any atom is 0.295 e. The van der Waals surface area contributed by atoms with E-state index < -0.39 is 6.04 Å². The molecule has 5 rings (SSSR count). The van der Waals surface area contributed by atoms with Gasteiger partial charge in [0.2, 0.25) is 5.76 Å². The van der Waals surface area contributed by atoms with Crippen molar-refractivity contribution >= 4 is 50.1 Å². The van der Waals surface area contributed by atoms with Crippen LogP contribution in [0.1, 0.15) is 27.7 Å². The van der Waals surface area contributed by atoms with Gasteiger partial charge in [-0.1, -0.05) is 45.7 Å². The lowest BCUT2D eigenvalue weighted by Crippen LogP contribution is -2.29. The number of rotatable bonds is 3. The number of anilines is 1. The second-order valence-corrected chi connectivity index (χ2v) is 8.50. The van der Waals surface area contributed by atoms with Crippen LogP contribution in [-0.4, -0.2) is 13.0 Å². The molecule has 1 unspecified atom stereocenters. The SMILES string of the molecule is COc1cccc(N2C(=O)c3oc4ccc(Cl)cc4c(=O)c3C2c2cccc(Br)c2)c1. The maximum absolute atomic E-state index is 13.6. The molecule has 1 aliphatic heterocycles. The minimum Gasteiger partial charge on any atom is -0.497 e. The minimum atomic E-state index is -0.660. The maximum atomic E-state index is 13.6. The summed E-state index contributed by atoms with van der Waals surface area (Å²) in [5.41, 5.74) is 1.71. The summed E-state index contributed by atoms with van der Waals surface area (Å²) in [6.45, 7) is 0. The third-order valence-electron chi connectivity index (χ3n) is 5.33. The van der Waals surface area contributed by atoms with Crippen molar-refractivity contribution in [3.63, 3.8) is 0 Å². The zero-order valence-electron chi connectivity index (χ0n) is 16.3. The molecule has 1 atom stereocenters. The normalized spacial score (nSPS) is 15.4. The van der Waals surface area contributed by atoms with Gasteiger partial charge in [-0.3, -0.25) is 14.5 Å². The minimum absolute atomic E-state index is 0.0348. The van der Waals surface area contributed by atoms with Gasteiger partial charge in [0.25, 0.3) is 5.91 Å². The van der Waals surface area contributed by atoms with Crippen LogP contribution in [0.25, 0.3) is 11.0 Å². The summed E-state index contributed by atoms with van der Waals surface area (Å²) in [5.74, 6) is 0.250. The Morgan fingerprint density at radius 3 is 2.61 bits per heavy atom. The molecule has 3 aromatic carbocycles. The van der Waals surface area contributed by atoms with Crippen molar-refractivity contribution in [3.8, 4) is 5.75 Å². The summed E-state index contributed by atoms with van der Waals surface area (Å²) in [4.78, 5) is 28.7. The number of amides is 1. The van der Waals surface area contributed by atoms with Crippen LogP contribution in [0.4, 0.5) is 5.69 Å². The summed E-state index contributed by atoms with van der Waals surface area (Å²) >= 11 is 9.61. The van der Waals surface area contributed by atoms with Crippen molar-refractivity contribution < 1.29 is 13.9 Å². The number of fused-ring (bicyclic) bond motifs is 2. The zero-order valence-corrected chi connectivity index (χ0v) is 18.6. The Hall–Kier alpha value is -3.09. The third kappa shape index (κ3) is 3.23. The fraction of sp³-hybridized carbons (Fsp3) is 0.0833. The van der Waals surface area contributed by atoms with Gasteiger partial charge in [-0.2, -0.15) is 0 Å². The number of ether oxygens (including phenoxy) is 1. The number of hydrogen-bond acceptors (Lipinski definition) is 4. The van der Waals surface area contributed by atoms with E-state index in [1.807, 2.05) is 24.3 Å². The highest BCUT2D eigenvalue weighted by Gasteiger charge is 2.43. The molecule has 0 radical (unpaired) electrons. The molecule has 2 heterocycles. The van der Waals surface area contributed by atoms with Crippen molar-refractivity contribution in [1.29, 1.82) is 0 Å². The molecule has 0 spiro atoms. The molecular formula is C24H15BrClNO4. The van der Waals surface area contributed by atoms with Gasteiger partial charge in [-0.05, 0) is 48.0 Å². The first-order chi connectivity index (χ1) is 15.0. The second kappa shape index (κ2) is 7.55. The van der Waals surface area contributed by atoms with Crippen molar-refractivity contribution in [3.05, 3.63) is 103 Å². The molecule has 0 bridgehead atoms. The van der Waals surface area contributed by atoms with Gasteiger partial charge < -0.3 is 9.15 Å². The third-order valence-corrected chi connectivity index (χ3v) is 6.06. The van der Waals surface area contributed by atoms with E-state index in [-0.39, 0.29) is 17.1 Å². The van der Waals surface area contributed by atoms with Gasteiger partial charge in [0.1, 0.15) is 11.3 Å². The van der Waals surface area contributed by atoms with E-state index in [1.165, 1.54) is 0 Å². The highest BCUT2D eigenvalue weighted by molar-refractivity contribution is 9.10. The van der Waals surface area contributed by atoms with Gasteiger partial charge in [-0.15, -0.1) is 0 Å². The summed E-state index contributed by atoms with van der Waals surface area (Å²) < 4.78 is 12.1. The summed E-state index contributed by atoms with van der Waals surface area (Å²) in [5, 5.41) is 0.763. The summed E-state index contributed by atoms with van der Waals surface area (Å²) in [7, 11) is 1.56. The van der Waals surface area contributed by atoms with Gasteiger partial charge in [0.05, 0.1) is 24.1 Å². The number of nitrogens with zero attached hydrogens (tertiary/aromatic N) is 1. The Kier molecular flexibility index (Phi) is 4.84. The molecule has 0 saturated heterocycles. The monoisotopic (exact) mass is 495 g/mol. The lowest BCUT2D eigenvalue weighted by Gasteiger charge is -2.25. The molecule has 1 amide bonds. The Morgan fingerprint density at radius 1 is 1.03 bits per heavy atom. The predicted octanol–water partition coefficient (Wildman–Crippen LogP) is 5.97. The van der Waals surface area contributed by atoms with Crippen LogP contribution in [0.2, 0.25) is 5.02 Å². The van der Waals surface area contributed by atoms with Crippen LogP contribution >= 0.6 is 27.5 Å². The predicted molar refractivity (Wildman–Crippen MR) is 123 cm³/mol. The molecule has 5 nitrogen and oxygen atoms in total. The van der Waals surface area contributed by atoms with Gasteiger partial charge in [0.15, 0.2) is 5.43 Å². The molecule has 1 aromatic heterocycles. The Bertz CT molecular complexity index is 1410. The van der Waals surface area contributed by atoms with Crippen LogP contribution in [0.5, 0.6) is 5.75 Å². The van der Waals surface area contributed by atoms with E-state index in [4.69, 9.17) is 20.8 Å². The molecule has 31 heavy (non-hydrogen) atoms.